The number of hydroxylamine groups is 1. The zero-order valence-corrected chi connectivity index (χ0v) is 18.3. The molecule has 0 saturated carbocycles. The Morgan fingerprint density at radius 3 is 2.45 bits per heavy atom. The Morgan fingerprint density at radius 2 is 1.81 bits per heavy atom. The Bertz CT molecular complexity index is 1040. The van der Waals surface area contributed by atoms with Crippen LogP contribution in [0, 0.1) is 0 Å². The number of benzene rings is 1. The van der Waals surface area contributed by atoms with Crippen molar-refractivity contribution in [3.8, 4) is 0 Å². The number of pyridine rings is 1. The lowest BCUT2D eigenvalue weighted by molar-refractivity contribution is 0.0345. The first-order valence-corrected chi connectivity index (χ1v) is 10.7. The van der Waals surface area contributed by atoms with Crippen LogP contribution in [0.1, 0.15) is 25.0 Å². The number of aromatic nitrogens is 2. The number of hydrogen-bond acceptors (Lipinski definition) is 6. The van der Waals surface area contributed by atoms with E-state index in [-0.39, 0.29) is 0 Å². The fourth-order valence-electron chi connectivity index (χ4n) is 4.25. The van der Waals surface area contributed by atoms with Crippen molar-refractivity contribution >= 4 is 22.4 Å². The lowest BCUT2D eigenvalue weighted by Crippen LogP contribution is -2.50. The molecule has 31 heavy (non-hydrogen) atoms. The van der Waals surface area contributed by atoms with Crippen LogP contribution in [0.5, 0.6) is 0 Å². The van der Waals surface area contributed by atoms with Crippen LogP contribution in [0.25, 0.3) is 16.7 Å². The van der Waals surface area contributed by atoms with Gasteiger partial charge in [-0.15, -0.1) is 0 Å². The van der Waals surface area contributed by atoms with E-state index in [1.807, 2.05) is 44.3 Å². The SMILES string of the molecule is C=C(NO)c1ccc(Cn2ccc3c(N4CCN(CC(C)(C)O)CC4)ccnc32)cc1. The highest BCUT2D eigenvalue weighted by Crippen LogP contribution is 2.28. The highest BCUT2D eigenvalue weighted by molar-refractivity contribution is 5.90. The van der Waals surface area contributed by atoms with Gasteiger partial charge in [0.15, 0.2) is 0 Å². The third-order valence-corrected chi connectivity index (χ3v) is 5.75. The summed E-state index contributed by atoms with van der Waals surface area (Å²) in [5.74, 6) is 0. The summed E-state index contributed by atoms with van der Waals surface area (Å²) in [6.45, 7) is 12.7. The third-order valence-electron chi connectivity index (χ3n) is 5.75. The van der Waals surface area contributed by atoms with Crippen LogP contribution < -0.4 is 10.4 Å². The van der Waals surface area contributed by atoms with Gasteiger partial charge in [0.25, 0.3) is 0 Å². The smallest absolute Gasteiger partial charge is 0.142 e. The van der Waals surface area contributed by atoms with Gasteiger partial charge in [0, 0.05) is 62.7 Å². The molecule has 0 bridgehead atoms. The number of rotatable bonds is 7. The number of anilines is 1. The van der Waals surface area contributed by atoms with Crippen LogP contribution in [-0.2, 0) is 6.54 Å². The van der Waals surface area contributed by atoms with Crippen molar-refractivity contribution < 1.29 is 10.3 Å². The second-order valence-corrected chi connectivity index (χ2v) is 8.87. The van der Waals surface area contributed by atoms with Crippen LogP contribution in [0.4, 0.5) is 5.69 Å². The van der Waals surface area contributed by atoms with Crippen LogP contribution in [0.2, 0.25) is 0 Å². The van der Waals surface area contributed by atoms with Gasteiger partial charge in [0.05, 0.1) is 11.3 Å². The minimum atomic E-state index is -0.663. The number of β-amino-alcohol motifs (C(OH)–C–C–N with tert-alkyl or cyclic N) is 1. The standard InChI is InChI=1S/C24H31N5O2/c1-18(26-31)20-6-4-19(5-7-20)16-29-11-9-21-22(8-10-25-23(21)29)28-14-12-27(13-15-28)17-24(2,3)30/h4-11,26,30-31H,1,12-17H2,2-3H3. The molecule has 3 heterocycles. The first-order chi connectivity index (χ1) is 14.8. The largest absolute Gasteiger partial charge is 0.389 e. The summed E-state index contributed by atoms with van der Waals surface area (Å²) < 4.78 is 2.16. The summed E-state index contributed by atoms with van der Waals surface area (Å²) in [6.07, 6.45) is 3.98. The van der Waals surface area contributed by atoms with Gasteiger partial charge in [0.2, 0.25) is 0 Å². The van der Waals surface area contributed by atoms with E-state index in [4.69, 9.17) is 5.21 Å². The van der Waals surface area contributed by atoms with Crippen molar-refractivity contribution in [1.82, 2.24) is 19.9 Å². The van der Waals surface area contributed by atoms with Crippen LogP contribution in [-0.4, -0.2) is 63.1 Å². The van der Waals surface area contributed by atoms with Crippen LogP contribution in [0.15, 0.2) is 55.4 Å². The van der Waals surface area contributed by atoms with Gasteiger partial charge in [0.1, 0.15) is 5.65 Å². The molecular formula is C24H31N5O2. The Morgan fingerprint density at radius 1 is 1.10 bits per heavy atom. The Labute approximate surface area is 183 Å². The second kappa shape index (κ2) is 8.70. The molecule has 3 N–H and O–H groups in total. The number of nitrogens with zero attached hydrogens (tertiary/aromatic N) is 4. The Balaban J connectivity index is 1.49. The molecule has 1 aliphatic rings. The van der Waals surface area contributed by atoms with Gasteiger partial charge in [-0.05, 0) is 37.1 Å². The summed E-state index contributed by atoms with van der Waals surface area (Å²) in [5, 5.41) is 20.2. The maximum absolute atomic E-state index is 10.1. The molecule has 0 spiro atoms. The highest BCUT2D eigenvalue weighted by Gasteiger charge is 2.24. The second-order valence-electron chi connectivity index (χ2n) is 8.87. The van der Waals surface area contributed by atoms with Crippen molar-refractivity contribution in [2.45, 2.75) is 26.0 Å². The van der Waals surface area contributed by atoms with Gasteiger partial charge in [-0.1, -0.05) is 30.8 Å². The maximum Gasteiger partial charge on any atom is 0.142 e. The average Bonchev–Trinajstić information content (AvgIpc) is 3.16. The van der Waals surface area contributed by atoms with E-state index >= 15 is 0 Å². The van der Waals surface area contributed by atoms with Crippen molar-refractivity contribution in [3.05, 3.63) is 66.5 Å². The number of nitrogens with one attached hydrogen (secondary N) is 1. The maximum atomic E-state index is 10.1. The first kappa shape index (κ1) is 21.4. The highest BCUT2D eigenvalue weighted by atomic mass is 16.5. The fourth-order valence-corrected chi connectivity index (χ4v) is 4.25. The fraction of sp³-hybridized carbons (Fsp3) is 0.375. The number of piperazine rings is 1. The van der Waals surface area contributed by atoms with Gasteiger partial charge in [-0.2, -0.15) is 0 Å². The van der Waals surface area contributed by atoms with Crippen molar-refractivity contribution in [1.29, 1.82) is 0 Å². The normalized spacial score (nSPS) is 15.4. The lowest BCUT2D eigenvalue weighted by atomic mass is 10.1. The number of aliphatic hydroxyl groups is 1. The minimum Gasteiger partial charge on any atom is -0.389 e. The predicted octanol–water partition coefficient (Wildman–Crippen LogP) is 2.93. The average molecular weight is 422 g/mol. The third kappa shape index (κ3) is 4.90. The first-order valence-electron chi connectivity index (χ1n) is 10.7. The van der Waals surface area contributed by atoms with Gasteiger partial charge >= 0.3 is 0 Å². The van der Waals surface area contributed by atoms with E-state index in [1.54, 1.807) is 0 Å². The summed E-state index contributed by atoms with van der Waals surface area (Å²) in [6, 6.07) is 12.2. The summed E-state index contributed by atoms with van der Waals surface area (Å²) in [5.41, 5.74) is 6.10. The molecule has 7 nitrogen and oxygen atoms in total. The van der Waals surface area contributed by atoms with E-state index in [1.165, 1.54) is 5.69 Å². The molecule has 0 atom stereocenters. The molecule has 164 valence electrons. The van der Waals surface area contributed by atoms with Gasteiger partial charge < -0.3 is 14.6 Å². The summed E-state index contributed by atoms with van der Waals surface area (Å²) in [7, 11) is 0. The zero-order chi connectivity index (χ0) is 22.0. The Hall–Kier alpha value is -2.87. The number of fused-ring (bicyclic) bond motifs is 1. The van der Waals surface area contributed by atoms with Crippen LogP contribution in [0.3, 0.4) is 0 Å². The molecule has 0 aliphatic carbocycles. The van der Waals surface area contributed by atoms with Crippen molar-refractivity contribution in [2.24, 2.45) is 0 Å². The Kier molecular flexibility index (Phi) is 6.00. The quantitative estimate of drug-likeness (QED) is 0.509. The molecule has 1 aliphatic heterocycles. The summed E-state index contributed by atoms with van der Waals surface area (Å²) in [4.78, 5) is 9.39. The molecule has 2 aromatic heterocycles. The molecule has 1 aromatic carbocycles. The lowest BCUT2D eigenvalue weighted by Gasteiger charge is -2.38. The molecule has 7 heteroatoms. The van der Waals surface area contributed by atoms with Gasteiger partial charge in [-0.3, -0.25) is 15.6 Å². The molecule has 4 rings (SSSR count). The monoisotopic (exact) mass is 421 g/mol. The molecule has 1 fully saturated rings. The van der Waals surface area contributed by atoms with E-state index in [0.29, 0.717) is 12.2 Å². The van der Waals surface area contributed by atoms with Crippen molar-refractivity contribution in [2.75, 3.05) is 37.6 Å². The van der Waals surface area contributed by atoms with E-state index < -0.39 is 5.60 Å². The van der Waals surface area contributed by atoms with E-state index in [9.17, 15) is 5.11 Å². The van der Waals surface area contributed by atoms with E-state index in [0.717, 1.165) is 54.9 Å². The topological polar surface area (TPSA) is 76.8 Å². The zero-order valence-electron chi connectivity index (χ0n) is 18.3. The minimum absolute atomic E-state index is 0.479. The van der Waals surface area contributed by atoms with E-state index in [2.05, 4.69) is 49.7 Å². The van der Waals surface area contributed by atoms with Crippen molar-refractivity contribution in [3.63, 3.8) is 0 Å². The molecule has 1 saturated heterocycles. The molecular weight excluding hydrogens is 390 g/mol. The molecule has 0 unspecified atom stereocenters. The molecule has 0 radical (unpaired) electrons. The molecule has 3 aromatic rings. The summed E-state index contributed by atoms with van der Waals surface area (Å²) >= 11 is 0. The van der Waals surface area contributed by atoms with Gasteiger partial charge in [-0.25, -0.2) is 4.98 Å². The van der Waals surface area contributed by atoms with Crippen LogP contribution >= 0.6 is 0 Å². The predicted molar refractivity (Wildman–Crippen MR) is 124 cm³/mol. The number of hydrogen-bond donors (Lipinski definition) is 3. The molecule has 0 amide bonds.